The van der Waals surface area contributed by atoms with Gasteiger partial charge in [-0.3, -0.25) is 4.90 Å². The standard InChI is InChI=1S/C17H27NO5.C6H13NO4/c1-2-3-8-23-13-6-4-12(5-7-13)9-18-10-15(20)17(22)16(21)14(18)11-19;8-2-3-5(10)6(11)4(9)1-7-3/h4-7,14-17,19-22H,2-3,8-11H2,1H3;3-11H,1-2H2/t14-,15+,16-,17-;3-,4+,5-,6-/m11/s1. The Balaban J connectivity index is 0.000000310. The number of likely N-dealkylation sites (tertiary alicyclic amines) is 1. The molecule has 0 aliphatic carbocycles. The summed E-state index contributed by atoms with van der Waals surface area (Å²) in [5.74, 6) is 0.815. The van der Waals surface area contributed by atoms with E-state index in [2.05, 4.69) is 12.2 Å². The van der Waals surface area contributed by atoms with E-state index in [1.54, 1.807) is 4.90 Å². The summed E-state index contributed by atoms with van der Waals surface area (Å²) in [6, 6.07) is 6.52. The first-order valence-corrected chi connectivity index (χ1v) is 11.7. The fraction of sp³-hybridized carbons (Fsp3) is 0.739. The van der Waals surface area contributed by atoms with Crippen molar-refractivity contribution in [2.45, 2.75) is 75.0 Å². The molecule has 0 saturated carbocycles. The van der Waals surface area contributed by atoms with E-state index < -0.39 is 48.7 Å². The van der Waals surface area contributed by atoms with E-state index in [1.165, 1.54) is 0 Å². The first-order chi connectivity index (χ1) is 16.2. The van der Waals surface area contributed by atoms with Crippen molar-refractivity contribution in [1.82, 2.24) is 10.2 Å². The zero-order valence-corrected chi connectivity index (χ0v) is 19.5. The molecule has 0 bridgehead atoms. The molecule has 8 atom stereocenters. The van der Waals surface area contributed by atoms with E-state index in [9.17, 15) is 25.5 Å². The molecule has 3 rings (SSSR count). The summed E-state index contributed by atoms with van der Waals surface area (Å²) < 4.78 is 5.62. The number of aliphatic hydroxyl groups is 8. The molecule has 2 heterocycles. The third kappa shape index (κ3) is 7.82. The molecule has 1 aromatic carbocycles. The minimum Gasteiger partial charge on any atom is -0.494 e. The highest BCUT2D eigenvalue weighted by atomic mass is 16.5. The van der Waals surface area contributed by atoms with Gasteiger partial charge in [0.15, 0.2) is 0 Å². The fourth-order valence-corrected chi connectivity index (χ4v) is 3.97. The van der Waals surface area contributed by atoms with Gasteiger partial charge in [-0.15, -0.1) is 0 Å². The summed E-state index contributed by atoms with van der Waals surface area (Å²) in [4.78, 5) is 1.79. The van der Waals surface area contributed by atoms with Gasteiger partial charge in [-0.1, -0.05) is 25.5 Å². The highest BCUT2D eigenvalue weighted by molar-refractivity contribution is 5.27. The number of aliphatic hydroxyl groups excluding tert-OH is 8. The summed E-state index contributed by atoms with van der Waals surface area (Å²) in [7, 11) is 0. The molecule has 2 fully saturated rings. The lowest BCUT2D eigenvalue weighted by Gasteiger charge is -2.43. The number of rotatable bonds is 8. The number of piperidine rings is 2. The van der Waals surface area contributed by atoms with Gasteiger partial charge < -0.3 is 50.9 Å². The summed E-state index contributed by atoms with van der Waals surface area (Å²) in [5.41, 5.74) is 0.988. The van der Waals surface area contributed by atoms with Crippen LogP contribution in [0.1, 0.15) is 25.3 Å². The predicted octanol–water partition coefficient (Wildman–Crippen LogP) is -2.84. The average Bonchev–Trinajstić information content (AvgIpc) is 2.83. The van der Waals surface area contributed by atoms with Gasteiger partial charge in [-0.05, 0) is 24.1 Å². The second kappa shape index (κ2) is 14.2. The Bertz CT molecular complexity index is 694. The number of nitrogens with one attached hydrogen (secondary N) is 1. The molecule has 0 radical (unpaired) electrons. The Hall–Kier alpha value is -1.38. The van der Waals surface area contributed by atoms with Crippen LogP contribution in [0, 0.1) is 0 Å². The molecule has 11 nitrogen and oxygen atoms in total. The molecular weight excluding hydrogens is 448 g/mol. The molecule has 0 aromatic heterocycles. The molecule has 0 spiro atoms. The van der Waals surface area contributed by atoms with Crippen LogP contribution in [0.5, 0.6) is 5.75 Å². The maximum absolute atomic E-state index is 9.99. The van der Waals surface area contributed by atoms with Crippen LogP contribution in [-0.4, -0.2) is 127 Å². The van der Waals surface area contributed by atoms with E-state index in [1.807, 2.05) is 24.3 Å². The van der Waals surface area contributed by atoms with Crippen molar-refractivity contribution in [2.24, 2.45) is 0 Å². The Morgan fingerprint density at radius 2 is 1.53 bits per heavy atom. The van der Waals surface area contributed by atoms with E-state index in [-0.39, 0.29) is 26.3 Å². The lowest BCUT2D eigenvalue weighted by atomic mass is 9.94. The first kappa shape index (κ1) is 28.9. The maximum Gasteiger partial charge on any atom is 0.119 e. The second-order valence-corrected chi connectivity index (χ2v) is 8.82. The Morgan fingerprint density at radius 1 is 0.882 bits per heavy atom. The van der Waals surface area contributed by atoms with Gasteiger partial charge in [0.2, 0.25) is 0 Å². The summed E-state index contributed by atoms with van der Waals surface area (Å²) in [6.45, 7) is 3.17. The van der Waals surface area contributed by atoms with Gasteiger partial charge in [0.25, 0.3) is 0 Å². The third-order valence-electron chi connectivity index (χ3n) is 6.23. The van der Waals surface area contributed by atoms with E-state index in [0.29, 0.717) is 13.2 Å². The molecule has 0 amide bonds. The molecule has 11 heteroatoms. The van der Waals surface area contributed by atoms with Gasteiger partial charge in [-0.2, -0.15) is 0 Å². The van der Waals surface area contributed by atoms with Crippen LogP contribution in [0.4, 0.5) is 0 Å². The predicted molar refractivity (Wildman–Crippen MR) is 123 cm³/mol. The molecule has 2 saturated heterocycles. The minimum atomic E-state index is -1.22. The van der Waals surface area contributed by atoms with Gasteiger partial charge >= 0.3 is 0 Å². The van der Waals surface area contributed by atoms with Gasteiger partial charge in [0.05, 0.1) is 50.2 Å². The molecule has 34 heavy (non-hydrogen) atoms. The normalized spacial score (nSPS) is 34.3. The number of hydrogen-bond donors (Lipinski definition) is 9. The fourth-order valence-electron chi connectivity index (χ4n) is 3.97. The zero-order chi connectivity index (χ0) is 25.3. The quantitative estimate of drug-likeness (QED) is 0.172. The molecule has 1 aromatic rings. The summed E-state index contributed by atoms with van der Waals surface area (Å²) >= 11 is 0. The maximum atomic E-state index is 9.99. The van der Waals surface area contributed by atoms with E-state index >= 15 is 0 Å². The average molecular weight is 489 g/mol. The van der Waals surface area contributed by atoms with Crippen LogP contribution in [0.2, 0.25) is 0 Å². The summed E-state index contributed by atoms with van der Waals surface area (Å²) in [6.07, 6.45) is -4.51. The number of unbranched alkanes of at least 4 members (excludes halogenated alkanes) is 1. The first-order valence-electron chi connectivity index (χ1n) is 11.7. The highest BCUT2D eigenvalue weighted by Crippen LogP contribution is 2.22. The monoisotopic (exact) mass is 488 g/mol. The van der Waals surface area contributed by atoms with Crippen molar-refractivity contribution in [1.29, 1.82) is 0 Å². The van der Waals surface area contributed by atoms with Crippen molar-refractivity contribution in [2.75, 3.05) is 32.9 Å². The lowest BCUT2D eigenvalue weighted by Crippen LogP contribution is -2.62. The van der Waals surface area contributed by atoms with Crippen LogP contribution in [-0.2, 0) is 6.54 Å². The van der Waals surface area contributed by atoms with Crippen molar-refractivity contribution in [3.05, 3.63) is 29.8 Å². The Labute approximate surface area is 199 Å². The van der Waals surface area contributed by atoms with Crippen LogP contribution in [0.15, 0.2) is 24.3 Å². The van der Waals surface area contributed by atoms with Crippen molar-refractivity contribution in [3.8, 4) is 5.75 Å². The molecule has 196 valence electrons. The number of hydrogen-bond acceptors (Lipinski definition) is 11. The van der Waals surface area contributed by atoms with Crippen LogP contribution in [0.3, 0.4) is 0 Å². The number of β-amino-alcohol motifs (C(OH)–C–C–N with tert-alkyl or cyclic N) is 2. The van der Waals surface area contributed by atoms with Crippen LogP contribution in [0.25, 0.3) is 0 Å². The largest absolute Gasteiger partial charge is 0.494 e. The zero-order valence-electron chi connectivity index (χ0n) is 19.5. The topological polar surface area (TPSA) is 186 Å². The second-order valence-electron chi connectivity index (χ2n) is 8.82. The number of nitrogens with zero attached hydrogens (tertiary/aromatic N) is 1. The highest BCUT2D eigenvalue weighted by Gasteiger charge is 2.40. The van der Waals surface area contributed by atoms with Gasteiger partial charge in [0.1, 0.15) is 24.1 Å². The SMILES string of the molecule is CCCCOc1ccc(CN2C[C@H](O)[C@@H](O)[C@H](O)[C@H]2CO)cc1.OC[C@H]1NC[C@H](O)[C@@H](O)[C@@H]1O. The number of ether oxygens (including phenoxy) is 1. The van der Waals surface area contributed by atoms with Crippen LogP contribution < -0.4 is 10.1 Å². The molecule has 0 unspecified atom stereocenters. The van der Waals surface area contributed by atoms with Crippen LogP contribution >= 0.6 is 0 Å². The smallest absolute Gasteiger partial charge is 0.119 e. The van der Waals surface area contributed by atoms with E-state index in [0.717, 1.165) is 24.2 Å². The van der Waals surface area contributed by atoms with Crippen molar-refractivity contribution in [3.63, 3.8) is 0 Å². The van der Waals surface area contributed by atoms with Gasteiger partial charge in [0, 0.05) is 19.6 Å². The molecule has 2 aliphatic heterocycles. The van der Waals surface area contributed by atoms with E-state index in [4.69, 9.17) is 20.1 Å². The van der Waals surface area contributed by atoms with Gasteiger partial charge in [-0.25, -0.2) is 0 Å². The Morgan fingerprint density at radius 3 is 2.12 bits per heavy atom. The minimum absolute atomic E-state index is 0.198. The molecule has 9 N–H and O–H groups in total. The third-order valence-corrected chi connectivity index (χ3v) is 6.23. The van der Waals surface area contributed by atoms with Crippen molar-refractivity contribution < 1.29 is 45.6 Å². The number of benzene rings is 1. The molecular formula is C23H40N2O9. The summed E-state index contributed by atoms with van der Waals surface area (Å²) in [5, 5.41) is 77.6. The lowest BCUT2D eigenvalue weighted by molar-refractivity contribution is -0.147. The van der Waals surface area contributed by atoms with Crippen molar-refractivity contribution >= 4 is 0 Å². The Kier molecular flexibility index (Phi) is 12.1. The molecule has 2 aliphatic rings.